The molecule has 1 N–H and O–H groups in total. The van der Waals surface area contributed by atoms with E-state index in [1.807, 2.05) is 0 Å². The second-order valence-corrected chi connectivity index (χ2v) is 5.89. The number of carbonyl (C=O) groups excluding carboxylic acids is 1. The molecule has 2 heterocycles. The van der Waals surface area contributed by atoms with E-state index in [2.05, 4.69) is 10.3 Å². The number of benzene rings is 1. The van der Waals surface area contributed by atoms with Crippen molar-refractivity contribution in [2.75, 3.05) is 12.4 Å². The van der Waals surface area contributed by atoms with Gasteiger partial charge in [0.25, 0.3) is 11.5 Å². The lowest BCUT2D eigenvalue weighted by atomic mass is 10.3. The Kier molecular flexibility index (Phi) is 5.25. The molecule has 0 atom stereocenters. The number of nitrogens with one attached hydrogen (secondary N) is 1. The van der Waals surface area contributed by atoms with Crippen LogP contribution in [-0.4, -0.2) is 27.1 Å². The molecule has 1 amide bonds. The number of hydrogen-bond donors (Lipinski definition) is 1. The van der Waals surface area contributed by atoms with Crippen LogP contribution >= 0.6 is 0 Å². The highest BCUT2D eigenvalue weighted by Gasteiger charge is 2.14. The zero-order valence-corrected chi connectivity index (χ0v) is 15.5. The van der Waals surface area contributed by atoms with Gasteiger partial charge in [0.15, 0.2) is 0 Å². The lowest BCUT2D eigenvalue weighted by Gasteiger charge is -2.10. The second-order valence-electron chi connectivity index (χ2n) is 5.89. The largest absolute Gasteiger partial charge is 0.497 e. The minimum absolute atomic E-state index is 0.0511. The number of nitrogens with zero attached hydrogens (tertiary/aromatic N) is 3. The molecular weight excluding hydrogens is 364 g/mol. The normalized spacial score (nSPS) is 10.4. The molecule has 3 rings (SSSR count). The molecule has 28 heavy (non-hydrogen) atoms. The van der Waals surface area contributed by atoms with Gasteiger partial charge >= 0.3 is 5.69 Å². The Morgan fingerprint density at radius 1 is 1.04 bits per heavy atom. The van der Waals surface area contributed by atoms with Gasteiger partial charge < -0.3 is 14.8 Å². The van der Waals surface area contributed by atoms with E-state index in [9.17, 15) is 14.4 Å². The number of methoxy groups -OCH3 is 1. The van der Waals surface area contributed by atoms with Crippen LogP contribution in [0.5, 0.6) is 17.4 Å². The van der Waals surface area contributed by atoms with Crippen molar-refractivity contribution in [3.8, 4) is 17.4 Å². The standard InChI is InChI=1S/C19H18N4O5/c1-22-15(10-17(24)23(2)19(22)26)18(25)21-12-7-8-16(20-11-12)28-14-6-4-5-13(9-14)27-3/h4-11H,1-3H3,(H,21,25). The van der Waals surface area contributed by atoms with Crippen molar-refractivity contribution in [1.82, 2.24) is 14.1 Å². The summed E-state index contributed by atoms with van der Waals surface area (Å²) in [5.74, 6) is 0.938. The van der Waals surface area contributed by atoms with E-state index in [4.69, 9.17) is 9.47 Å². The number of aromatic nitrogens is 3. The van der Waals surface area contributed by atoms with E-state index < -0.39 is 17.2 Å². The summed E-state index contributed by atoms with van der Waals surface area (Å²) in [7, 11) is 4.32. The highest BCUT2D eigenvalue weighted by atomic mass is 16.5. The molecule has 0 aliphatic rings. The van der Waals surface area contributed by atoms with E-state index in [0.717, 1.165) is 15.2 Å². The summed E-state index contributed by atoms with van der Waals surface area (Å²) < 4.78 is 12.8. The fourth-order valence-corrected chi connectivity index (χ4v) is 2.45. The lowest BCUT2D eigenvalue weighted by molar-refractivity contribution is 0.101. The van der Waals surface area contributed by atoms with Crippen LogP contribution in [0.2, 0.25) is 0 Å². The smallest absolute Gasteiger partial charge is 0.331 e. The van der Waals surface area contributed by atoms with Crippen LogP contribution in [0.4, 0.5) is 5.69 Å². The lowest BCUT2D eigenvalue weighted by Crippen LogP contribution is -2.40. The number of pyridine rings is 1. The first-order chi connectivity index (χ1) is 13.4. The van der Waals surface area contributed by atoms with Gasteiger partial charge in [-0.1, -0.05) is 6.07 Å². The molecule has 0 bridgehead atoms. The monoisotopic (exact) mass is 382 g/mol. The Labute approximate surface area is 159 Å². The average Bonchev–Trinajstić information content (AvgIpc) is 2.70. The molecule has 0 fully saturated rings. The third-order valence-corrected chi connectivity index (χ3v) is 4.02. The number of anilines is 1. The molecule has 9 heteroatoms. The van der Waals surface area contributed by atoms with Crippen LogP contribution in [0.3, 0.4) is 0 Å². The molecule has 0 radical (unpaired) electrons. The maximum absolute atomic E-state index is 12.4. The van der Waals surface area contributed by atoms with Gasteiger partial charge in [-0.25, -0.2) is 9.78 Å². The molecule has 0 unspecified atom stereocenters. The van der Waals surface area contributed by atoms with Gasteiger partial charge in [0, 0.05) is 32.3 Å². The summed E-state index contributed by atoms with van der Waals surface area (Å²) in [4.78, 5) is 40.2. The van der Waals surface area contributed by atoms with Crippen molar-refractivity contribution in [3.05, 3.63) is 75.2 Å². The predicted molar refractivity (Wildman–Crippen MR) is 102 cm³/mol. The summed E-state index contributed by atoms with van der Waals surface area (Å²) in [6, 6.07) is 11.3. The quantitative estimate of drug-likeness (QED) is 0.718. The predicted octanol–water partition coefficient (Wildman–Crippen LogP) is 1.53. The number of carbonyl (C=O) groups is 1. The van der Waals surface area contributed by atoms with E-state index in [0.29, 0.717) is 23.1 Å². The summed E-state index contributed by atoms with van der Waals surface area (Å²) in [6.07, 6.45) is 1.41. The van der Waals surface area contributed by atoms with E-state index in [1.165, 1.54) is 20.3 Å². The van der Waals surface area contributed by atoms with Gasteiger partial charge in [-0.2, -0.15) is 0 Å². The maximum Gasteiger partial charge on any atom is 0.331 e. The van der Waals surface area contributed by atoms with Gasteiger partial charge in [-0.05, 0) is 18.2 Å². The molecule has 0 aliphatic carbocycles. The van der Waals surface area contributed by atoms with Gasteiger partial charge in [-0.15, -0.1) is 0 Å². The Bertz CT molecular complexity index is 1130. The Morgan fingerprint density at radius 3 is 2.46 bits per heavy atom. The fourth-order valence-electron chi connectivity index (χ4n) is 2.45. The topological polar surface area (TPSA) is 104 Å². The Hall–Kier alpha value is -3.88. The fraction of sp³-hybridized carbons (Fsp3) is 0.158. The molecule has 144 valence electrons. The first kappa shape index (κ1) is 18.9. The van der Waals surface area contributed by atoms with Crippen LogP contribution in [-0.2, 0) is 14.1 Å². The minimum Gasteiger partial charge on any atom is -0.497 e. The van der Waals surface area contributed by atoms with Crippen LogP contribution in [0, 0.1) is 0 Å². The molecule has 0 saturated heterocycles. The number of rotatable bonds is 5. The first-order valence-corrected chi connectivity index (χ1v) is 8.25. The highest BCUT2D eigenvalue weighted by Crippen LogP contribution is 2.24. The van der Waals surface area contributed by atoms with Crippen LogP contribution in [0.15, 0.2) is 58.3 Å². The molecule has 0 spiro atoms. The molecule has 1 aromatic carbocycles. The summed E-state index contributed by atoms with van der Waals surface area (Å²) >= 11 is 0. The second kappa shape index (κ2) is 7.78. The van der Waals surface area contributed by atoms with E-state index >= 15 is 0 Å². The Balaban J connectivity index is 1.75. The van der Waals surface area contributed by atoms with Crippen LogP contribution in [0.25, 0.3) is 0 Å². The summed E-state index contributed by atoms with van der Waals surface area (Å²) in [5.41, 5.74) is -0.813. The molecule has 2 aromatic heterocycles. The Morgan fingerprint density at radius 2 is 1.79 bits per heavy atom. The van der Waals surface area contributed by atoms with Crippen molar-refractivity contribution in [1.29, 1.82) is 0 Å². The van der Waals surface area contributed by atoms with Crippen molar-refractivity contribution in [2.45, 2.75) is 0 Å². The highest BCUT2D eigenvalue weighted by molar-refractivity contribution is 6.02. The van der Waals surface area contributed by atoms with Gasteiger partial charge in [0.05, 0.1) is 19.0 Å². The molecular formula is C19H18N4O5. The van der Waals surface area contributed by atoms with Crippen LogP contribution in [0.1, 0.15) is 10.5 Å². The summed E-state index contributed by atoms with van der Waals surface area (Å²) in [6.45, 7) is 0. The van der Waals surface area contributed by atoms with Crippen molar-refractivity contribution in [2.24, 2.45) is 14.1 Å². The number of amides is 1. The van der Waals surface area contributed by atoms with Crippen molar-refractivity contribution in [3.63, 3.8) is 0 Å². The third-order valence-electron chi connectivity index (χ3n) is 4.02. The van der Waals surface area contributed by atoms with E-state index in [-0.39, 0.29) is 5.69 Å². The van der Waals surface area contributed by atoms with Gasteiger partial charge in [-0.3, -0.25) is 18.7 Å². The van der Waals surface area contributed by atoms with Gasteiger partial charge in [0.2, 0.25) is 5.88 Å². The number of hydrogen-bond acceptors (Lipinski definition) is 6. The first-order valence-electron chi connectivity index (χ1n) is 8.25. The zero-order valence-electron chi connectivity index (χ0n) is 15.5. The molecule has 0 aliphatic heterocycles. The zero-order chi connectivity index (χ0) is 20.3. The summed E-state index contributed by atoms with van der Waals surface area (Å²) in [5, 5.41) is 2.60. The number of ether oxygens (including phenoxy) is 2. The van der Waals surface area contributed by atoms with E-state index in [1.54, 1.807) is 43.5 Å². The SMILES string of the molecule is COc1cccc(Oc2ccc(NC(=O)c3cc(=O)n(C)c(=O)n3C)cn2)c1. The molecule has 0 saturated carbocycles. The van der Waals surface area contributed by atoms with Gasteiger partial charge in [0.1, 0.15) is 17.2 Å². The minimum atomic E-state index is -0.597. The van der Waals surface area contributed by atoms with Crippen molar-refractivity contribution < 1.29 is 14.3 Å². The third kappa shape index (κ3) is 3.93. The average molecular weight is 382 g/mol. The molecule has 9 nitrogen and oxygen atoms in total. The molecule has 3 aromatic rings. The van der Waals surface area contributed by atoms with Crippen molar-refractivity contribution >= 4 is 11.6 Å². The maximum atomic E-state index is 12.4. The van der Waals surface area contributed by atoms with Crippen LogP contribution < -0.4 is 26.0 Å².